The topological polar surface area (TPSA) is 46.2 Å². The van der Waals surface area contributed by atoms with Gasteiger partial charge in [0, 0.05) is 26.6 Å². The van der Waals surface area contributed by atoms with Crippen molar-refractivity contribution < 1.29 is 103 Å². The molecule has 7 atom stereocenters. The molecule has 2 aliphatic rings. The standard InChI is InChI=1S/C29H36F18O5/c1-7-14-15(8-2)19-17(10-22(26(36,37)38,27(39,40)41)52-13(3)4)16(9-21(24(30,31)32,25(33,34)35)50-11-48-5)18(14)20(19)23(28(42,43)44,29(45,46)47)51-12-49-6/h14-20H,3,7-12H2,1-2,4-6H3. The van der Waals surface area contributed by atoms with Crippen molar-refractivity contribution in [1.82, 2.24) is 0 Å². The van der Waals surface area contributed by atoms with Crippen LogP contribution in [0.3, 0.4) is 0 Å². The van der Waals surface area contributed by atoms with Crippen LogP contribution in [0.25, 0.3) is 0 Å². The smallest absolute Gasteiger partial charge is 0.437 e. The second kappa shape index (κ2) is 15.0. The molecule has 2 rings (SSSR count). The van der Waals surface area contributed by atoms with Gasteiger partial charge in [0.15, 0.2) is 0 Å². The van der Waals surface area contributed by atoms with E-state index in [2.05, 4.69) is 30.3 Å². The van der Waals surface area contributed by atoms with Crippen LogP contribution in [0.4, 0.5) is 79.0 Å². The van der Waals surface area contributed by atoms with Gasteiger partial charge < -0.3 is 23.7 Å². The molecule has 0 saturated heterocycles. The van der Waals surface area contributed by atoms with Crippen molar-refractivity contribution in [3.8, 4) is 0 Å². The number of halogens is 18. The van der Waals surface area contributed by atoms with Crippen LogP contribution < -0.4 is 0 Å². The van der Waals surface area contributed by atoms with Crippen LogP contribution >= 0.6 is 0 Å². The molecule has 308 valence electrons. The molecule has 0 aromatic rings. The molecule has 2 bridgehead atoms. The zero-order chi connectivity index (χ0) is 40.9. The molecule has 0 N–H and O–H groups in total. The Balaban J connectivity index is 3.30. The van der Waals surface area contributed by atoms with E-state index in [1.54, 1.807) is 0 Å². The Kier molecular flexibility index (Phi) is 13.3. The summed E-state index contributed by atoms with van der Waals surface area (Å²) < 4.78 is 286. The number of rotatable bonds is 15. The van der Waals surface area contributed by atoms with E-state index < -0.39 is 140 Å². The summed E-state index contributed by atoms with van der Waals surface area (Å²) in [5.74, 6) is -19.8. The average molecular weight is 807 g/mol. The first-order chi connectivity index (χ1) is 23.2. The first kappa shape index (κ1) is 46.3. The fourth-order valence-electron chi connectivity index (χ4n) is 8.60. The number of hydrogen-bond donors (Lipinski definition) is 0. The average Bonchev–Trinajstić information content (AvgIpc) is 3.40. The van der Waals surface area contributed by atoms with Crippen LogP contribution in [0.5, 0.6) is 0 Å². The van der Waals surface area contributed by atoms with Crippen molar-refractivity contribution in [2.24, 2.45) is 41.4 Å². The third-order valence-corrected chi connectivity index (χ3v) is 10.2. The van der Waals surface area contributed by atoms with Crippen LogP contribution in [0.15, 0.2) is 12.3 Å². The lowest BCUT2D eigenvalue weighted by Gasteiger charge is -2.48. The predicted molar refractivity (Wildman–Crippen MR) is 141 cm³/mol. The van der Waals surface area contributed by atoms with Crippen molar-refractivity contribution >= 4 is 0 Å². The summed E-state index contributed by atoms with van der Waals surface area (Å²) in [4.78, 5) is 0. The van der Waals surface area contributed by atoms with Crippen LogP contribution in [-0.2, 0) is 23.7 Å². The Bertz CT molecular complexity index is 1160. The molecule has 2 aliphatic carbocycles. The minimum Gasteiger partial charge on any atom is -0.474 e. The molecule has 0 aliphatic heterocycles. The Hall–Kier alpha value is -1.88. The van der Waals surface area contributed by atoms with Gasteiger partial charge in [0.25, 0.3) is 16.8 Å². The van der Waals surface area contributed by atoms with Gasteiger partial charge in [-0.15, -0.1) is 0 Å². The van der Waals surface area contributed by atoms with Crippen LogP contribution in [-0.4, -0.2) is 81.7 Å². The molecule has 2 fully saturated rings. The highest BCUT2D eigenvalue weighted by Crippen LogP contribution is 2.74. The summed E-state index contributed by atoms with van der Waals surface area (Å²) in [6, 6.07) is 0. The van der Waals surface area contributed by atoms with Gasteiger partial charge >= 0.3 is 37.1 Å². The fraction of sp³-hybridized carbons (Fsp3) is 0.931. The molecule has 52 heavy (non-hydrogen) atoms. The summed E-state index contributed by atoms with van der Waals surface area (Å²) >= 11 is 0. The number of alkyl halides is 18. The third-order valence-electron chi connectivity index (χ3n) is 10.2. The van der Waals surface area contributed by atoms with Crippen molar-refractivity contribution in [1.29, 1.82) is 0 Å². The monoisotopic (exact) mass is 806 g/mol. The summed E-state index contributed by atoms with van der Waals surface area (Å²) in [7, 11) is 1.07. The zero-order valence-electron chi connectivity index (χ0n) is 27.8. The molecule has 0 heterocycles. The molecule has 0 spiro atoms. The van der Waals surface area contributed by atoms with Crippen molar-refractivity contribution in [2.75, 3.05) is 27.8 Å². The highest BCUT2D eigenvalue weighted by molar-refractivity contribution is 5.21. The van der Waals surface area contributed by atoms with Crippen molar-refractivity contribution in [3.05, 3.63) is 12.3 Å². The Labute approximate surface area is 285 Å². The van der Waals surface area contributed by atoms with E-state index in [9.17, 15) is 52.7 Å². The lowest BCUT2D eigenvalue weighted by atomic mass is 9.61. The maximum Gasteiger partial charge on any atom is 0.437 e. The maximum atomic E-state index is 15.0. The zero-order valence-corrected chi connectivity index (χ0v) is 27.8. The Morgan fingerprint density at radius 2 is 0.827 bits per heavy atom. The number of fused-ring (bicyclic) bond motifs is 2. The van der Waals surface area contributed by atoms with Crippen molar-refractivity contribution in [2.45, 2.75) is 100 Å². The van der Waals surface area contributed by atoms with Gasteiger partial charge in [-0.2, -0.15) is 79.0 Å². The first-order valence-corrected chi connectivity index (χ1v) is 15.3. The highest BCUT2D eigenvalue weighted by atomic mass is 19.4. The van der Waals surface area contributed by atoms with Gasteiger partial charge in [-0.25, -0.2) is 0 Å². The van der Waals surface area contributed by atoms with Gasteiger partial charge in [-0.05, 0) is 48.9 Å². The van der Waals surface area contributed by atoms with E-state index in [4.69, 9.17) is 0 Å². The summed E-state index contributed by atoms with van der Waals surface area (Å²) in [5, 5.41) is 0. The number of methoxy groups -OCH3 is 2. The largest absolute Gasteiger partial charge is 0.474 e. The molecule has 7 unspecified atom stereocenters. The predicted octanol–water partition coefficient (Wildman–Crippen LogP) is 10.3. The Morgan fingerprint density at radius 3 is 1.10 bits per heavy atom. The van der Waals surface area contributed by atoms with Gasteiger partial charge in [-0.1, -0.05) is 33.3 Å². The third kappa shape index (κ3) is 7.53. The lowest BCUT2D eigenvalue weighted by Crippen LogP contribution is -2.65. The SMILES string of the molecule is C=C(C)OC(CC1C(CC(OCOC)(C(F)(F)F)C(F)(F)F)C2C(CC)C(CC)C1C2C(OCOC)(C(F)(F)F)C(F)(F)F)(C(F)(F)F)C(F)(F)F. The number of ether oxygens (including phenoxy) is 5. The summed E-state index contributed by atoms with van der Waals surface area (Å²) in [6.07, 6.45) is -46.7. The number of allylic oxidation sites excluding steroid dienone is 1. The van der Waals surface area contributed by atoms with Gasteiger partial charge in [0.05, 0.1) is 5.76 Å². The minimum atomic E-state index is -6.68. The molecule has 0 amide bonds. The van der Waals surface area contributed by atoms with Crippen LogP contribution in [0.2, 0.25) is 0 Å². The van der Waals surface area contributed by atoms with Gasteiger partial charge in [0.1, 0.15) is 13.6 Å². The molecule has 2 saturated carbocycles. The molecule has 0 aromatic heterocycles. The van der Waals surface area contributed by atoms with E-state index in [1.807, 2.05) is 0 Å². The molecule has 0 radical (unpaired) electrons. The van der Waals surface area contributed by atoms with E-state index in [0.29, 0.717) is 21.1 Å². The van der Waals surface area contributed by atoms with E-state index in [-0.39, 0.29) is 0 Å². The molecular formula is C29H36F18O5. The first-order valence-electron chi connectivity index (χ1n) is 15.3. The summed E-state index contributed by atoms with van der Waals surface area (Å²) in [6.45, 7) is 1.64. The fourth-order valence-corrected chi connectivity index (χ4v) is 8.60. The van der Waals surface area contributed by atoms with Crippen molar-refractivity contribution in [3.63, 3.8) is 0 Å². The molecule has 23 heteroatoms. The second-order valence-corrected chi connectivity index (χ2v) is 12.8. The van der Waals surface area contributed by atoms with Gasteiger partial charge in [-0.3, -0.25) is 0 Å². The second-order valence-electron chi connectivity index (χ2n) is 12.8. The molecule has 5 nitrogen and oxygen atoms in total. The van der Waals surface area contributed by atoms with Gasteiger partial charge in [0.2, 0.25) is 0 Å². The number of hydrogen-bond acceptors (Lipinski definition) is 5. The summed E-state index contributed by atoms with van der Waals surface area (Å²) in [5.41, 5.74) is -16.8. The molecular weight excluding hydrogens is 770 g/mol. The van der Waals surface area contributed by atoms with Crippen LogP contribution in [0, 0.1) is 41.4 Å². The highest BCUT2D eigenvalue weighted by Gasteiger charge is 2.85. The van der Waals surface area contributed by atoms with E-state index >= 15 is 26.3 Å². The van der Waals surface area contributed by atoms with E-state index in [0.717, 1.165) is 13.8 Å². The maximum absolute atomic E-state index is 15.0. The van der Waals surface area contributed by atoms with E-state index in [1.165, 1.54) is 0 Å². The Morgan fingerprint density at radius 1 is 0.500 bits per heavy atom. The van der Waals surface area contributed by atoms with Crippen LogP contribution in [0.1, 0.15) is 46.5 Å². The lowest BCUT2D eigenvalue weighted by molar-refractivity contribution is -0.414. The normalized spacial score (nSPS) is 27.0. The minimum absolute atomic E-state index is 0.448. The molecule has 0 aromatic carbocycles. The quantitative estimate of drug-likeness (QED) is 0.0937.